The lowest BCUT2D eigenvalue weighted by Gasteiger charge is -2.07. The van der Waals surface area contributed by atoms with Crippen molar-refractivity contribution >= 4 is 50.7 Å². The van der Waals surface area contributed by atoms with Gasteiger partial charge >= 0.3 is 0 Å². The average molecular weight is 338 g/mol. The van der Waals surface area contributed by atoms with Gasteiger partial charge in [0.1, 0.15) is 0 Å². The van der Waals surface area contributed by atoms with Crippen LogP contribution in [0.25, 0.3) is 21.8 Å². The Bertz CT molecular complexity index is 1070. The minimum Gasteiger partial charge on any atom is -0.397 e. The second-order valence-corrected chi connectivity index (χ2v) is 5.78. The topological polar surface area (TPSA) is 96.7 Å². The van der Waals surface area contributed by atoms with E-state index in [1.54, 1.807) is 36.8 Å². The van der Waals surface area contributed by atoms with E-state index in [9.17, 15) is 4.79 Å². The highest BCUT2D eigenvalue weighted by molar-refractivity contribution is 6.33. The quantitative estimate of drug-likeness (QED) is 0.520. The Balaban J connectivity index is 1.88. The van der Waals surface area contributed by atoms with E-state index in [1.165, 1.54) is 6.20 Å². The fourth-order valence-corrected chi connectivity index (χ4v) is 2.95. The van der Waals surface area contributed by atoms with Crippen LogP contribution in [0.2, 0.25) is 5.02 Å². The van der Waals surface area contributed by atoms with Gasteiger partial charge < -0.3 is 16.0 Å². The van der Waals surface area contributed by atoms with Crippen molar-refractivity contribution in [2.75, 3.05) is 11.1 Å². The number of aromatic amines is 1. The summed E-state index contributed by atoms with van der Waals surface area (Å²) in [6, 6.07) is 6.90. The summed E-state index contributed by atoms with van der Waals surface area (Å²) in [5.41, 5.74) is 9.14. The summed E-state index contributed by atoms with van der Waals surface area (Å²) in [7, 11) is 0. The van der Waals surface area contributed by atoms with Crippen molar-refractivity contribution in [2.24, 2.45) is 0 Å². The van der Waals surface area contributed by atoms with E-state index in [0.29, 0.717) is 22.0 Å². The monoisotopic (exact) mass is 337 g/mol. The molecule has 0 bridgehead atoms. The zero-order valence-corrected chi connectivity index (χ0v) is 13.1. The number of fused-ring (bicyclic) bond motifs is 3. The fraction of sp³-hybridized carbons (Fsp3) is 0. The largest absolute Gasteiger partial charge is 0.397 e. The van der Waals surface area contributed by atoms with Crippen molar-refractivity contribution in [2.45, 2.75) is 0 Å². The van der Waals surface area contributed by atoms with Gasteiger partial charge in [-0.25, -0.2) is 0 Å². The van der Waals surface area contributed by atoms with Gasteiger partial charge in [-0.3, -0.25) is 14.8 Å². The number of hydrogen-bond acceptors (Lipinski definition) is 4. The second-order valence-electron chi connectivity index (χ2n) is 5.35. The highest BCUT2D eigenvalue weighted by Gasteiger charge is 2.14. The maximum absolute atomic E-state index is 12.4. The lowest BCUT2D eigenvalue weighted by molar-refractivity contribution is 0.102. The van der Waals surface area contributed by atoms with Crippen LogP contribution in [0.5, 0.6) is 0 Å². The molecule has 0 spiro atoms. The molecule has 0 saturated carbocycles. The summed E-state index contributed by atoms with van der Waals surface area (Å²) in [5, 5.41) is 5.03. The number of carbonyl (C=O) groups excluding carboxylic acids is 1. The molecule has 0 radical (unpaired) electrons. The molecule has 3 heterocycles. The van der Waals surface area contributed by atoms with Crippen LogP contribution in [-0.2, 0) is 0 Å². The van der Waals surface area contributed by atoms with Crippen molar-refractivity contribution in [3.05, 3.63) is 59.6 Å². The van der Waals surface area contributed by atoms with Gasteiger partial charge in [-0.15, -0.1) is 0 Å². The smallest absolute Gasteiger partial charge is 0.257 e. The Labute approximate surface area is 141 Å². The minimum absolute atomic E-state index is 0.267. The van der Waals surface area contributed by atoms with E-state index < -0.39 is 0 Å². The number of carbonyl (C=O) groups is 1. The SMILES string of the molecule is Nc1cncc2[nH]c3c(NC(=O)c4cccnc4)cc(Cl)cc3c12. The maximum atomic E-state index is 12.4. The molecule has 7 heteroatoms. The number of aromatic nitrogens is 3. The maximum Gasteiger partial charge on any atom is 0.257 e. The molecule has 0 aliphatic heterocycles. The van der Waals surface area contributed by atoms with Crippen LogP contribution >= 0.6 is 11.6 Å². The number of hydrogen-bond donors (Lipinski definition) is 3. The molecule has 1 amide bonds. The number of halogens is 1. The lowest BCUT2D eigenvalue weighted by atomic mass is 10.1. The predicted molar refractivity (Wildman–Crippen MR) is 95.2 cm³/mol. The van der Waals surface area contributed by atoms with Crippen LogP contribution in [-0.4, -0.2) is 20.9 Å². The Morgan fingerprint density at radius 2 is 2.08 bits per heavy atom. The number of nitrogens with two attached hydrogens (primary N) is 1. The van der Waals surface area contributed by atoms with Crippen molar-refractivity contribution in [3.63, 3.8) is 0 Å². The summed E-state index contributed by atoms with van der Waals surface area (Å²) in [6.45, 7) is 0. The number of anilines is 2. The van der Waals surface area contributed by atoms with Gasteiger partial charge in [-0.2, -0.15) is 0 Å². The molecule has 0 atom stereocenters. The molecule has 3 aromatic heterocycles. The van der Waals surface area contributed by atoms with Crippen LogP contribution in [0.1, 0.15) is 10.4 Å². The molecule has 4 rings (SSSR count). The molecular formula is C17H12ClN5O. The number of nitrogen functional groups attached to an aromatic ring is 1. The van der Waals surface area contributed by atoms with Gasteiger partial charge in [0, 0.05) is 28.2 Å². The Morgan fingerprint density at radius 3 is 2.88 bits per heavy atom. The molecule has 0 unspecified atom stereocenters. The van der Waals surface area contributed by atoms with Gasteiger partial charge in [0.25, 0.3) is 5.91 Å². The molecule has 1 aromatic carbocycles. The molecule has 118 valence electrons. The van der Waals surface area contributed by atoms with Gasteiger partial charge in [-0.1, -0.05) is 11.6 Å². The van der Waals surface area contributed by atoms with E-state index in [1.807, 2.05) is 6.07 Å². The minimum atomic E-state index is -0.267. The molecule has 0 aliphatic rings. The standard InChI is InChI=1S/C17H12ClN5O/c18-10-4-11-15-12(19)7-21-8-14(15)22-16(11)13(5-10)23-17(24)9-2-1-3-20-6-9/h1-8,22H,19H2,(H,23,24). The molecule has 24 heavy (non-hydrogen) atoms. The molecule has 0 fully saturated rings. The van der Waals surface area contributed by atoms with Crippen molar-refractivity contribution in [1.82, 2.24) is 15.0 Å². The van der Waals surface area contributed by atoms with Crippen molar-refractivity contribution in [3.8, 4) is 0 Å². The van der Waals surface area contributed by atoms with Gasteiger partial charge in [0.15, 0.2) is 0 Å². The Morgan fingerprint density at radius 1 is 1.21 bits per heavy atom. The lowest BCUT2D eigenvalue weighted by Crippen LogP contribution is -2.12. The average Bonchev–Trinajstić information content (AvgIpc) is 2.95. The number of nitrogens with one attached hydrogen (secondary N) is 2. The van der Waals surface area contributed by atoms with Gasteiger partial charge in [0.05, 0.1) is 40.4 Å². The fourth-order valence-electron chi connectivity index (χ4n) is 2.74. The molecule has 4 aromatic rings. The van der Waals surface area contributed by atoms with Gasteiger partial charge in [0.2, 0.25) is 0 Å². The first-order chi connectivity index (χ1) is 11.6. The third-order valence-corrected chi connectivity index (χ3v) is 4.00. The van der Waals surface area contributed by atoms with E-state index in [4.69, 9.17) is 17.3 Å². The Kier molecular flexibility index (Phi) is 3.32. The molecule has 0 saturated heterocycles. The highest BCUT2D eigenvalue weighted by Crippen LogP contribution is 2.35. The summed E-state index contributed by atoms with van der Waals surface area (Å²) in [4.78, 5) is 23.7. The number of benzene rings is 1. The van der Waals surface area contributed by atoms with Crippen LogP contribution in [0, 0.1) is 0 Å². The first-order valence-corrected chi connectivity index (χ1v) is 7.57. The Hall–Kier alpha value is -3.12. The molecule has 6 nitrogen and oxygen atoms in total. The van der Waals surface area contributed by atoms with Gasteiger partial charge in [-0.05, 0) is 24.3 Å². The van der Waals surface area contributed by atoms with Crippen LogP contribution in [0.15, 0.2) is 49.1 Å². The molecular weight excluding hydrogens is 326 g/mol. The van der Waals surface area contributed by atoms with E-state index in [0.717, 1.165) is 21.8 Å². The number of rotatable bonds is 2. The summed E-state index contributed by atoms with van der Waals surface area (Å²) in [6.07, 6.45) is 6.39. The van der Waals surface area contributed by atoms with Crippen LogP contribution < -0.4 is 11.1 Å². The zero-order valence-electron chi connectivity index (χ0n) is 12.4. The van der Waals surface area contributed by atoms with Crippen molar-refractivity contribution in [1.29, 1.82) is 0 Å². The predicted octanol–water partition coefficient (Wildman–Crippen LogP) is 3.60. The summed E-state index contributed by atoms with van der Waals surface area (Å²) in [5.74, 6) is -0.267. The summed E-state index contributed by atoms with van der Waals surface area (Å²) < 4.78 is 0. The van der Waals surface area contributed by atoms with Crippen LogP contribution in [0.3, 0.4) is 0 Å². The third-order valence-electron chi connectivity index (χ3n) is 3.78. The first-order valence-electron chi connectivity index (χ1n) is 7.19. The van der Waals surface area contributed by atoms with E-state index in [2.05, 4.69) is 20.3 Å². The van der Waals surface area contributed by atoms with E-state index >= 15 is 0 Å². The number of amides is 1. The number of H-pyrrole nitrogens is 1. The number of pyridine rings is 2. The zero-order chi connectivity index (χ0) is 16.7. The third kappa shape index (κ3) is 2.33. The molecule has 0 aliphatic carbocycles. The summed E-state index contributed by atoms with van der Waals surface area (Å²) >= 11 is 6.23. The molecule has 4 N–H and O–H groups in total. The van der Waals surface area contributed by atoms with Crippen LogP contribution in [0.4, 0.5) is 11.4 Å². The highest BCUT2D eigenvalue weighted by atomic mass is 35.5. The van der Waals surface area contributed by atoms with Crippen molar-refractivity contribution < 1.29 is 4.79 Å². The normalized spacial score (nSPS) is 11.0. The van der Waals surface area contributed by atoms with E-state index in [-0.39, 0.29) is 5.91 Å². The first kappa shape index (κ1) is 14.5. The number of nitrogens with zero attached hydrogens (tertiary/aromatic N) is 2. The second kappa shape index (κ2) is 5.50.